The molecule has 1 unspecified atom stereocenters. The third-order valence-electron chi connectivity index (χ3n) is 3.16. The van der Waals surface area contributed by atoms with Gasteiger partial charge in [-0.05, 0) is 36.1 Å². The average Bonchev–Trinajstić information content (AvgIpc) is 2.65. The predicted octanol–water partition coefficient (Wildman–Crippen LogP) is 1.56. The molecule has 1 aliphatic rings. The van der Waals surface area contributed by atoms with Crippen LogP contribution in [-0.2, 0) is 16.8 Å². The number of rotatable bonds is 4. The number of ether oxygens (including phenoxy) is 1. The molecule has 3 nitrogen and oxygen atoms in total. The fourth-order valence-corrected chi connectivity index (χ4v) is 2.76. The molecule has 0 aliphatic heterocycles. The van der Waals surface area contributed by atoms with Gasteiger partial charge in [0, 0.05) is 11.0 Å². The van der Waals surface area contributed by atoms with Crippen LogP contribution in [0.1, 0.15) is 17.5 Å². The maximum Gasteiger partial charge on any atom is 0.106 e. The first-order valence-electron chi connectivity index (χ1n) is 5.45. The number of nitrogens with two attached hydrogens (primary N) is 1. The highest BCUT2D eigenvalue weighted by molar-refractivity contribution is 9.10. The lowest BCUT2D eigenvalue weighted by Crippen LogP contribution is -2.36. The standard InChI is InChI=1S/C12H16BrNO2/c13-10-1-2-11-9(7-10)3-4-12(11,8-14)16-6-5-15/h1-2,7,15H,3-6,8,14H2. The Bertz CT molecular complexity index is 383. The maximum absolute atomic E-state index is 8.86. The van der Waals surface area contributed by atoms with E-state index in [0.717, 1.165) is 17.3 Å². The Balaban J connectivity index is 2.32. The second-order valence-electron chi connectivity index (χ2n) is 4.07. The summed E-state index contributed by atoms with van der Waals surface area (Å²) in [5, 5.41) is 8.86. The normalized spacial score (nSPS) is 23.4. The van der Waals surface area contributed by atoms with Crippen molar-refractivity contribution >= 4 is 15.9 Å². The molecule has 1 aromatic rings. The summed E-state index contributed by atoms with van der Waals surface area (Å²) in [5.41, 5.74) is 7.92. The van der Waals surface area contributed by atoms with Crippen molar-refractivity contribution in [3.63, 3.8) is 0 Å². The van der Waals surface area contributed by atoms with Gasteiger partial charge in [-0.1, -0.05) is 22.0 Å². The van der Waals surface area contributed by atoms with Crippen molar-refractivity contribution in [2.75, 3.05) is 19.8 Å². The Morgan fingerprint density at radius 2 is 2.31 bits per heavy atom. The van der Waals surface area contributed by atoms with E-state index in [0.29, 0.717) is 13.2 Å². The highest BCUT2D eigenvalue weighted by Crippen LogP contribution is 2.40. The van der Waals surface area contributed by atoms with E-state index in [1.807, 2.05) is 6.07 Å². The minimum absolute atomic E-state index is 0.0353. The molecule has 88 valence electrons. The van der Waals surface area contributed by atoms with Crippen molar-refractivity contribution in [1.82, 2.24) is 0 Å². The van der Waals surface area contributed by atoms with Crippen LogP contribution < -0.4 is 5.73 Å². The van der Waals surface area contributed by atoms with Crippen LogP contribution in [0.4, 0.5) is 0 Å². The molecular formula is C12H16BrNO2. The van der Waals surface area contributed by atoms with Crippen LogP contribution in [-0.4, -0.2) is 24.9 Å². The average molecular weight is 286 g/mol. The lowest BCUT2D eigenvalue weighted by molar-refractivity contribution is -0.0554. The molecule has 0 bridgehead atoms. The zero-order valence-corrected chi connectivity index (χ0v) is 10.7. The molecule has 4 heteroatoms. The molecular weight excluding hydrogens is 270 g/mol. The topological polar surface area (TPSA) is 55.5 Å². The first-order valence-corrected chi connectivity index (χ1v) is 6.25. The summed E-state index contributed by atoms with van der Waals surface area (Å²) < 4.78 is 6.85. The Morgan fingerprint density at radius 1 is 1.50 bits per heavy atom. The Morgan fingerprint density at radius 3 is 3.00 bits per heavy atom. The van der Waals surface area contributed by atoms with Crippen LogP contribution in [0.2, 0.25) is 0 Å². The summed E-state index contributed by atoms with van der Waals surface area (Å²) >= 11 is 3.46. The van der Waals surface area contributed by atoms with Gasteiger partial charge in [-0.25, -0.2) is 0 Å². The quantitative estimate of drug-likeness (QED) is 0.883. The van der Waals surface area contributed by atoms with Gasteiger partial charge in [0.2, 0.25) is 0 Å². The fraction of sp³-hybridized carbons (Fsp3) is 0.500. The van der Waals surface area contributed by atoms with E-state index >= 15 is 0 Å². The second kappa shape index (κ2) is 4.84. The van der Waals surface area contributed by atoms with E-state index in [2.05, 4.69) is 28.1 Å². The van der Waals surface area contributed by atoms with E-state index in [9.17, 15) is 0 Å². The third kappa shape index (κ3) is 2.02. The molecule has 0 aromatic heterocycles. The fourth-order valence-electron chi connectivity index (χ4n) is 2.35. The number of aryl methyl sites for hydroxylation is 1. The molecule has 0 saturated carbocycles. The summed E-state index contributed by atoms with van der Waals surface area (Å²) in [7, 11) is 0. The van der Waals surface area contributed by atoms with Gasteiger partial charge in [0.15, 0.2) is 0 Å². The van der Waals surface area contributed by atoms with Crippen molar-refractivity contribution in [3.8, 4) is 0 Å². The van der Waals surface area contributed by atoms with Gasteiger partial charge in [-0.2, -0.15) is 0 Å². The minimum atomic E-state index is -0.390. The van der Waals surface area contributed by atoms with Gasteiger partial charge in [-0.3, -0.25) is 0 Å². The van der Waals surface area contributed by atoms with Crippen LogP contribution in [0.15, 0.2) is 22.7 Å². The molecule has 16 heavy (non-hydrogen) atoms. The zero-order valence-electron chi connectivity index (χ0n) is 9.08. The number of halogens is 1. The lowest BCUT2D eigenvalue weighted by atomic mass is 9.96. The number of hydrogen-bond acceptors (Lipinski definition) is 3. The second-order valence-corrected chi connectivity index (χ2v) is 4.99. The molecule has 0 heterocycles. The van der Waals surface area contributed by atoms with Gasteiger partial charge in [0.1, 0.15) is 5.60 Å². The van der Waals surface area contributed by atoms with Gasteiger partial charge in [0.05, 0.1) is 13.2 Å². The number of aliphatic hydroxyl groups is 1. The Hall–Kier alpha value is -0.420. The molecule has 1 aliphatic carbocycles. The Kier molecular flexibility index (Phi) is 3.64. The maximum atomic E-state index is 8.86. The van der Waals surface area contributed by atoms with Gasteiger partial charge in [0.25, 0.3) is 0 Å². The number of hydrogen-bond donors (Lipinski definition) is 2. The lowest BCUT2D eigenvalue weighted by Gasteiger charge is -2.29. The van der Waals surface area contributed by atoms with E-state index in [-0.39, 0.29) is 6.61 Å². The van der Waals surface area contributed by atoms with E-state index in [1.54, 1.807) is 0 Å². The summed E-state index contributed by atoms with van der Waals surface area (Å²) in [5.74, 6) is 0. The molecule has 3 N–H and O–H groups in total. The Labute approximate surface area is 104 Å². The first-order chi connectivity index (χ1) is 7.72. The van der Waals surface area contributed by atoms with Gasteiger partial charge >= 0.3 is 0 Å². The van der Waals surface area contributed by atoms with E-state index in [4.69, 9.17) is 15.6 Å². The molecule has 0 spiro atoms. The monoisotopic (exact) mass is 285 g/mol. The largest absolute Gasteiger partial charge is 0.394 e. The van der Waals surface area contributed by atoms with Crippen molar-refractivity contribution in [2.24, 2.45) is 5.73 Å². The summed E-state index contributed by atoms with van der Waals surface area (Å²) in [6.07, 6.45) is 1.88. The van der Waals surface area contributed by atoms with Crippen LogP contribution in [0.5, 0.6) is 0 Å². The van der Waals surface area contributed by atoms with Crippen molar-refractivity contribution in [2.45, 2.75) is 18.4 Å². The van der Waals surface area contributed by atoms with Gasteiger partial charge < -0.3 is 15.6 Å². The molecule has 1 aromatic carbocycles. The van der Waals surface area contributed by atoms with E-state index < -0.39 is 5.60 Å². The van der Waals surface area contributed by atoms with Crippen LogP contribution in [0.25, 0.3) is 0 Å². The van der Waals surface area contributed by atoms with Crippen molar-refractivity contribution < 1.29 is 9.84 Å². The van der Waals surface area contributed by atoms with Crippen molar-refractivity contribution in [3.05, 3.63) is 33.8 Å². The highest BCUT2D eigenvalue weighted by Gasteiger charge is 2.38. The minimum Gasteiger partial charge on any atom is -0.394 e. The number of fused-ring (bicyclic) bond motifs is 1. The summed E-state index contributed by atoms with van der Waals surface area (Å²) in [6.45, 7) is 0.835. The summed E-state index contributed by atoms with van der Waals surface area (Å²) in [6, 6.07) is 6.20. The van der Waals surface area contributed by atoms with Crippen molar-refractivity contribution in [1.29, 1.82) is 0 Å². The van der Waals surface area contributed by atoms with Crippen LogP contribution in [0.3, 0.4) is 0 Å². The van der Waals surface area contributed by atoms with Crippen LogP contribution >= 0.6 is 15.9 Å². The zero-order chi connectivity index (χ0) is 11.6. The molecule has 0 fully saturated rings. The molecule has 2 rings (SSSR count). The van der Waals surface area contributed by atoms with E-state index in [1.165, 1.54) is 11.1 Å². The highest BCUT2D eigenvalue weighted by atomic mass is 79.9. The third-order valence-corrected chi connectivity index (χ3v) is 3.65. The predicted molar refractivity (Wildman–Crippen MR) is 66.2 cm³/mol. The van der Waals surface area contributed by atoms with Crippen LogP contribution in [0, 0.1) is 0 Å². The SMILES string of the molecule is NCC1(OCCO)CCc2cc(Br)ccc21. The van der Waals surface area contributed by atoms with Gasteiger partial charge in [-0.15, -0.1) is 0 Å². The molecule has 0 amide bonds. The first kappa shape index (κ1) is 12.0. The smallest absolute Gasteiger partial charge is 0.106 e. The summed E-state index contributed by atoms with van der Waals surface area (Å²) in [4.78, 5) is 0. The number of benzene rings is 1. The molecule has 0 radical (unpaired) electrons. The number of aliphatic hydroxyl groups excluding tert-OH is 1. The molecule has 0 saturated heterocycles. The molecule has 1 atom stereocenters.